The average Bonchev–Trinajstić information content (AvgIpc) is 3.20. The fourth-order valence-electron chi connectivity index (χ4n) is 8.59. The number of benzene rings is 8. The zero-order valence-corrected chi connectivity index (χ0v) is 36.2. The Morgan fingerprint density at radius 3 is 0.650 bits per heavy atom. The van der Waals surface area contributed by atoms with Gasteiger partial charge in [0.05, 0.1) is 0 Å². The Hall–Kier alpha value is -6.90. The normalized spacial score (nSPS) is 11.3. The molecule has 8 aromatic carbocycles. The molecule has 0 amide bonds. The lowest BCUT2D eigenvalue weighted by Gasteiger charge is -2.27. The third-order valence-corrected chi connectivity index (χ3v) is 11.1. The maximum Gasteiger partial charge on any atom is 0.0466 e. The molecule has 0 N–H and O–H groups in total. The molecule has 0 aliphatic heterocycles. The molecule has 296 valence electrons. The highest BCUT2D eigenvalue weighted by Crippen LogP contribution is 2.39. The molecule has 60 heavy (non-hydrogen) atoms. The third-order valence-electron chi connectivity index (χ3n) is 11.1. The van der Waals surface area contributed by atoms with Crippen LogP contribution < -0.4 is 9.80 Å². The molecule has 2 heteroatoms. The maximum absolute atomic E-state index is 2.37. The van der Waals surface area contributed by atoms with E-state index in [2.05, 4.69) is 247 Å². The molecule has 8 rings (SSSR count). The molecule has 8 aromatic rings. The van der Waals surface area contributed by atoms with Crippen molar-refractivity contribution in [2.24, 2.45) is 0 Å². The van der Waals surface area contributed by atoms with Gasteiger partial charge in [-0.05, 0) is 206 Å². The maximum atomic E-state index is 2.37. The van der Waals surface area contributed by atoms with Gasteiger partial charge in [-0.3, -0.25) is 0 Å². The Kier molecular flexibility index (Phi) is 11.4. The second kappa shape index (κ2) is 17.1. The SMILES string of the molecule is Cc1cc(C)cc(N(c2ccc(-c3ccc(/C=C/c4ccc(-c5ccc(N(c6cc(C)cc(C)c6)c6cc(C)cc(C)c6)cc5)cc4)cc3)cc2)c2cc(C)cc(C)c2)c1. The summed E-state index contributed by atoms with van der Waals surface area (Å²) >= 11 is 0. The Bertz CT molecular complexity index is 2430. The van der Waals surface area contributed by atoms with E-state index in [1.165, 1.54) is 101 Å². The first-order chi connectivity index (χ1) is 28.9. The number of anilines is 6. The van der Waals surface area contributed by atoms with Crippen molar-refractivity contribution >= 4 is 46.3 Å². The van der Waals surface area contributed by atoms with Crippen LogP contribution in [0.2, 0.25) is 0 Å². The molecule has 0 heterocycles. The van der Waals surface area contributed by atoms with Gasteiger partial charge in [0.25, 0.3) is 0 Å². The highest BCUT2D eigenvalue weighted by Gasteiger charge is 2.16. The van der Waals surface area contributed by atoms with Crippen LogP contribution >= 0.6 is 0 Å². The highest BCUT2D eigenvalue weighted by atomic mass is 15.1. The molecule has 2 nitrogen and oxygen atoms in total. The number of aryl methyl sites for hydroxylation is 8. The van der Waals surface area contributed by atoms with Crippen molar-refractivity contribution in [1.82, 2.24) is 0 Å². The van der Waals surface area contributed by atoms with Crippen LogP contribution in [0.5, 0.6) is 0 Å². The smallest absolute Gasteiger partial charge is 0.0466 e. The van der Waals surface area contributed by atoms with Crippen molar-refractivity contribution in [2.75, 3.05) is 9.80 Å². The molecule has 0 aliphatic carbocycles. The summed E-state index contributed by atoms with van der Waals surface area (Å²) in [6.07, 6.45) is 4.38. The lowest BCUT2D eigenvalue weighted by Crippen LogP contribution is -2.11. The van der Waals surface area contributed by atoms with Crippen LogP contribution in [0, 0.1) is 55.4 Å². The summed E-state index contributed by atoms with van der Waals surface area (Å²) in [7, 11) is 0. The molecule has 0 fully saturated rings. The molecule has 0 bridgehead atoms. The molecule has 0 aromatic heterocycles. The fourth-order valence-corrected chi connectivity index (χ4v) is 8.59. The molecule has 0 spiro atoms. The van der Waals surface area contributed by atoms with Crippen molar-refractivity contribution in [3.05, 3.63) is 225 Å². The third kappa shape index (κ3) is 9.20. The monoisotopic (exact) mass is 778 g/mol. The van der Waals surface area contributed by atoms with Crippen molar-refractivity contribution < 1.29 is 0 Å². The van der Waals surface area contributed by atoms with E-state index >= 15 is 0 Å². The highest BCUT2D eigenvalue weighted by molar-refractivity contribution is 5.82. The molecule has 0 aliphatic rings. The zero-order valence-electron chi connectivity index (χ0n) is 36.2. The van der Waals surface area contributed by atoms with E-state index in [-0.39, 0.29) is 0 Å². The topological polar surface area (TPSA) is 6.48 Å². The average molecular weight is 779 g/mol. The van der Waals surface area contributed by atoms with Crippen molar-refractivity contribution in [3.63, 3.8) is 0 Å². The van der Waals surface area contributed by atoms with Gasteiger partial charge >= 0.3 is 0 Å². The first-order valence-corrected chi connectivity index (χ1v) is 21.0. The van der Waals surface area contributed by atoms with E-state index < -0.39 is 0 Å². The predicted octanol–water partition coefficient (Wildman–Crippen LogP) is 16.6. The van der Waals surface area contributed by atoms with Gasteiger partial charge in [0.2, 0.25) is 0 Å². The molecule has 0 unspecified atom stereocenters. The van der Waals surface area contributed by atoms with Crippen LogP contribution in [-0.4, -0.2) is 0 Å². The molecule has 0 radical (unpaired) electrons. The van der Waals surface area contributed by atoms with Crippen molar-refractivity contribution in [3.8, 4) is 22.3 Å². The molecule has 0 saturated heterocycles. The summed E-state index contributed by atoms with van der Waals surface area (Å²) in [5.41, 5.74) is 24.2. The summed E-state index contributed by atoms with van der Waals surface area (Å²) in [4.78, 5) is 4.74. The Morgan fingerprint density at radius 2 is 0.433 bits per heavy atom. The van der Waals surface area contributed by atoms with Gasteiger partial charge in [-0.2, -0.15) is 0 Å². The van der Waals surface area contributed by atoms with Gasteiger partial charge in [-0.25, -0.2) is 0 Å². The van der Waals surface area contributed by atoms with Gasteiger partial charge in [0.1, 0.15) is 0 Å². The molecular weight excluding hydrogens is 725 g/mol. The van der Waals surface area contributed by atoms with Crippen LogP contribution in [0.15, 0.2) is 170 Å². The molecule has 0 saturated carbocycles. The van der Waals surface area contributed by atoms with Gasteiger partial charge in [-0.15, -0.1) is 0 Å². The quantitative estimate of drug-likeness (QED) is 0.128. The minimum Gasteiger partial charge on any atom is -0.310 e. The van der Waals surface area contributed by atoms with Crippen LogP contribution in [0.1, 0.15) is 55.6 Å². The standard InChI is InChI=1S/C58H54N2/c1-39-27-40(2)32-55(31-39)59(56-33-41(3)28-42(4)34-56)53-23-19-51(20-24-53)49-15-11-47(12-16-49)9-10-48-13-17-50(18-14-48)52-21-25-54(26-22-52)60(57-35-43(5)29-44(6)36-57)58-37-45(7)30-46(8)38-58/h9-38H,1-8H3/b10-9+. The first kappa shape index (κ1) is 39.9. The van der Waals surface area contributed by atoms with Crippen LogP contribution in [0.25, 0.3) is 34.4 Å². The second-order valence-electron chi connectivity index (χ2n) is 16.7. The lowest BCUT2D eigenvalue weighted by molar-refractivity contribution is 1.23. The van der Waals surface area contributed by atoms with Crippen molar-refractivity contribution in [2.45, 2.75) is 55.4 Å². The molecular formula is C58H54N2. The summed E-state index contributed by atoms with van der Waals surface area (Å²) in [6, 6.07) is 62.7. The van der Waals surface area contributed by atoms with E-state index in [9.17, 15) is 0 Å². The van der Waals surface area contributed by atoms with Crippen LogP contribution in [-0.2, 0) is 0 Å². The van der Waals surface area contributed by atoms with Gasteiger partial charge < -0.3 is 9.80 Å². The molecule has 0 atom stereocenters. The van der Waals surface area contributed by atoms with Crippen LogP contribution in [0.3, 0.4) is 0 Å². The van der Waals surface area contributed by atoms with E-state index in [1.807, 2.05) is 0 Å². The number of hydrogen-bond acceptors (Lipinski definition) is 2. The number of nitrogens with zero attached hydrogens (tertiary/aromatic N) is 2. The Balaban J connectivity index is 0.967. The lowest BCUT2D eigenvalue weighted by atomic mass is 10.0. The largest absolute Gasteiger partial charge is 0.310 e. The zero-order chi connectivity index (χ0) is 41.9. The Morgan fingerprint density at radius 1 is 0.233 bits per heavy atom. The Labute approximate surface area is 357 Å². The van der Waals surface area contributed by atoms with E-state index in [0.717, 1.165) is 11.4 Å². The van der Waals surface area contributed by atoms with Crippen LogP contribution in [0.4, 0.5) is 34.1 Å². The van der Waals surface area contributed by atoms with Gasteiger partial charge in [0, 0.05) is 34.1 Å². The predicted molar refractivity (Wildman–Crippen MR) is 260 cm³/mol. The number of hydrogen-bond donors (Lipinski definition) is 0. The second-order valence-corrected chi connectivity index (χ2v) is 16.7. The number of rotatable bonds is 10. The van der Waals surface area contributed by atoms with Crippen molar-refractivity contribution in [1.29, 1.82) is 0 Å². The van der Waals surface area contributed by atoms with E-state index in [0.29, 0.717) is 0 Å². The fraction of sp³-hybridized carbons (Fsp3) is 0.138. The minimum absolute atomic E-state index is 1.14. The van der Waals surface area contributed by atoms with Gasteiger partial charge in [0.15, 0.2) is 0 Å². The summed E-state index contributed by atoms with van der Waals surface area (Å²) in [5.74, 6) is 0. The minimum atomic E-state index is 1.14. The summed E-state index contributed by atoms with van der Waals surface area (Å²) in [6.45, 7) is 17.4. The van der Waals surface area contributed by atoms with E-state index in [1.54, 1.807) is 0 Å². The summed E-state index contributed by atoms with van der Waals surface area (Å²) in [5, 5.41) is 0. The van der Waals surface area contributed by atoms with Gasteiger partial charge in [-0.1, -0.05) is 109 Å². The van der Waals surface area contributed by atoms with E-state index in [4.69, 9.17) is 0 Å². The first-order valence-electron chi connectivity index (χ1n) is 21.0. The summed E-state index contributed by atoms with van der Waals surface area (Å²) < 4.78 is 0.